The highest BCUT2D eigenvalue weighted by Crippen LogP contribution is 2.34. The molecule has 0 fully saturated rings. The van der Waals surface area contributed by atoms with Gasteiger partial charge in [0.2, 0.25) is 0 Å². The molecule has 1 unspecified atom stereocenters. The molecule has 0 radical (unpaired) electrons. The van der Waals surface area contributed by atoms with Gasteiger partial charge >= 0.3 is 0 Å². The fraction of sp³-hybridized carbons (Fsp3) is 0.538. The molecular formula is C13H19FN2O. The largest absolute Gasteiger partial charge is 0.489 e. The number of hydrogen-bond acceptors (Lipinski definition) is 3. The van der Waals surface area contributed by atoms with Gasteiger partial charge in [-0.25, -0.2) is 4.39 Å². The summed E-state index contributed by atoms with van der Waals surface area (Å²) in [5, 5.41) is 3.13. The Morgan fingerprint density at radius 3 is 3.12 bits per heavy atom. The Morgan fingerprint density at radius 1 is 1.53 bits per heavy atom. The van der Waals surface area contributed by atoms with E-state index in [0.717, 1.165) is 30.8 Å². The molecule has 2 rings (SSSR count). The number of anilines is 1. The summed E-state index contributed by atoms with van der Waals surface area (Å²) in [4.78, 5) is 2.12. The van der Waals surface area contributed by atoms with E-state index in [1.807, 2.05) is 14.1 Å². The van der Waals surface area contributed by atoms with Gasteiger partial charge in [-0.05, 0) is 38.6 Å². The molecule has 1 atom stereocenters. The lowest BCUT2D eigenvalue weighted by atomic mass is 10.1. The van der Waals surface area contributed by atoms with Gasteiger partial charge in [-0.3, -0.25) is 0 Å². The molecule has 4 heteroatoms. The van der Waals surface area contributed by atoms with Crippen LogP contribution in [-0.2, 0) is 0 Å². The van der Waals surface area contributed by atoms with Crippen LogP contribution in [0.2, 0.25) is 0 Å². The molecule has 0 bridgehead atoms. The number of fused-ring (bicyclic) bond motifs is 1. The van der Waals surface area contributed by atoms with Crippen LogP contribution in [0.4, 0.5) is 10.1 Å². The van der Waals surface area contributed by atoms with Crippen LogP contribution in [0.5, 0.6) is 5.75 Å². The van der Waals surface area contributed by atoms with Gasteiger partial charge in [-0.1, -0.05) is 0 Å². The Bertz CT molecular complexity index is 384. The maximum atomic E-state index is 13.2. The molecular weight excluding hydrogens is 219 g/mol. The first-order valence-electron chi connectivity index (χ1n) is 6.02. The van der Waals surface area contributed by atoms with Crippen molar-refractivity contribution in [3.05, 3.63) is 24.0 Å². The first-order chi connectivity index (χ1) is 8.22. The minimum absolute atomic E-state index is 0.213. The molecule has 1 aromatic rings. The standard InChI is InChI=1S/C13H19FN2O/c1-15-7-3-4-11-9-17-13-6-5-10(14)8-12(13)16(11)2/h5-6,8,11,15H,3-4,7,9H2,1-2H3. The lowest BCUT2D eigenvalue weighted by Crippen LogP contribution is -2.40. The highest BCUT2D eigenvalue weighted by Gasteiger charge is 2.24. The predicted molar refractivity (Wildman–Crippen MR) is 67.2 cm³/mol. The molecule has 3 nitrogen and oxygen atoms in total. The van der Waals surface area contributed by atoms with E-state index in [-0.39, 0.29) is 5.82 Å². The molecule has 17 heavy (non-hydrogen) atoms. The molecule has 1 heterocycles. The van der Waals surface area contributed by atoms with Crippen molar-refractivity contribution in [2.75, 3.05) is 32.1 Å². The van der Waals surface area contributed by atoms with Gasteiger partial charge in [-0.15, -0.1) is 0 Å². The summed E-state index contributed by atoms with van der Waals surface area (Å²) in [6.45, 7) is 1.68. The van der Waals surface area contributed by atoms with E-state index >= 15 is 0 Å². The van der Waals surface area contributed by atoms with Crippen molar-refractivity contribution in [2.45, 2.75) is 18.9 Å². The van der Waals surface area contributed by atoms with E-state index in [2.05, 4.69) is 10.2 Å². The van der Waals surface area contributed by atoms with Crippen molar-refractivity contribution >= 4 is 5.69 Å². The molecule has 0 aliphatic carbocycles. The van der Waals surface area contributed by atoms with Crippen LogP contribution in [0.15, 0.2) is 18.2 Å². The van der Waals surface area contributed by atoms with Gasteiger partial charge in [0, 0.05) is 13.1 Å². The SMILES string of the molecule is CNCCCC1COc2ccc(F)cc2N1C. The molecule has 1 aliphatic rings. The zero-order chi connectivity index (χ0) is 12.3. The minimum Gasteiger partial charge on any atom is -0.489 e. The smallest absolute Gasteiger partial charge is 0.142 e. The van der Waals surface area contributed by atoms with Gasteiger partial charge < -0.3 is 15.0 Å². The first kappa shape index (κ1) is 12.2. The molecule has 0 saturated carbocycles. The van der Waals surface area contributed by atoms with Crippen molar-refractivity contribution in [2.24, 2.45) is 0 Å². The van der Waals surface area contributed by atoms with Crippen LogP contribution in [0, 0.1) is 5.82 Å². The van der Waals surface area contributed by atoms with Crippen LogP contribution >= 0.6 is 0 Å². The summed E-state index contributed by atoms with van der Waals surface area (Å²) in [6.07, 6.45) is 2.15. The van der Waals surface area contributed by atoms with Crippen LogP contribution < -0.4 is 15.0 Å². The van der Waals surface area contributed by atoms with Crippen LogP contribution in [0.3, 0.4) is 0 Å². The lowest BCUT2D eigenvalue weighted by Gasteiger charge is -2.36. The van der Waals surface area contributed by atoms with Crippen molar-refractivity contribution in [3.63, 3.8) is 0 Å². The fourth-order valence-electron chi connectivity index (χ4n) is 2.17. The Kier molecular flexibility index (Phi) is 3.84. The second-order valence-corrected chi connectivity index (χ2v) is 4.43. The Balaban J connectivity index is 2.06. The zero-order valence-corrected chi connectivity index (χ0v) is 10.4. The Morgan fingerprint density at radius 2 is 2.35 bits per heavy atom. The summed E-state index contributed by atoms with van der Waals surface area (Å²) >= 11 is 0. The average Bonchev–Trinajstić information content (AvgIpc) is 2.33. The predicted octanol–water partition coefficient (Wildman–Crippen LogP) is 2.02. The maximum Gasteiger partial charge on any atom is 0.142 e. The number of nitrogens with zero attached hydrogens (tertiary/aromatic N) is 1. The summed E-state index contributed by atoms with van der Waals surface area (Å²) in [6, 6.07) is 5.01. The van der Waals surface area contributed by atoms with E-state index < -0.39 is 0 Å². The third-order valence-corrected chi connectivity index (χ3v) is 3.24. The molecule has 0 saturated heterocycles. The van der Waals surface area contributed by atoms with E-state index in [1.165, 1.54) is 6.07 Å². The van der Waals surface area contributed by atoms with Crippen LogP contribution in [0.1, 0.15) is 12.8 Å². The van der Waals surface area contributed by atoms with Crippen molar-refractivity contribution in [1.82, 2.24) is 5.32 Å². The van der Waals surface area contributed by atoms with E-state index in [0.29, 0.717) is 12.6 Å². The van der Waals surface area contributed by atoms with Gasteiger partial charge in [0.1, 0.15) is 18.2 Å². The Labute approximate surface area is 102 Å². The van der Waals surface area contributed by atoms with Gasteiger partial charge in [-0.2, -0.15) is 0 Å². The first-order valence-corrected chi connectivity index (χ1v) is 6.02. The molecule has 1 aromatic carbocycles. The molecule has 1 N–H and O–H groups in total. The van der Waals surface area contributed by atoms with Gasteiger partial charge in [0.25, 0.3) is 0 Å². The minimum atomic E-state index is -0.213. The zero-order valence-electron chi connectivity index (χ0n) is 10.4. The molecule has 1 aliphatic heterocycles. The van der Waals surface area contributed by atoms with E-state index in [1.54, 1.807) is 12.1 Å². The summed E-state index contributed by atoms with van der Waals surface area (Å²) < 4.78 is 18.9. The highest BCUT2D eigenvalue weighted by atomic mass is 19.1. The summed E-state index contributed by atoms with van der Waals surface area (Å²) in [5.41, 5.74) is 0.853. The topological polar surface area (TPSA) is 24.5 Å². The van der Waals surface area contributed by atoms with Crippen LogP contribution in [-0.4, -0.2) is 33.3 Å². The molecule has 0 aromatic heterocycles. The van der Waals surface area contributed by atoms with Gasteiger partial charge in [0.05, 0.1) is 11.7 Å². The Hall–Kier alpha value is -1.29. The molecule has 0 spiro atoms. The number of likely N-dealkylation sites (N-methyl/N-ethyl adjacent to an activating group) is 1. The van der Waals surface area contributed by atoms with E-state index in [4.69, 9.17) is 4.74 Å². The summed E-state index contributed by atoms with van der Waals surface area (Å²) in [7, 11) is 3.95. The second kappa shape index (κ2) is 5.36. The summed E-state index contributed by atoms with van der Waals surface area (Å²) in [5.74, 6) is 0.564. The van der Waals surface area contributed by atoms with Crippen molar-refractivity contribution in [3.8, 4) is 5.75 Å². The number of halogens is 1. The molecule has 94 valence electrons. The molecule has 0 amide bonds. The third kappa shape index (κ3) is 2.69. The maximum absolute atomic E-state index is 13.2. The average molecular weight is 238 g/mol. The van der Waals surface area contributed by atoms with Gasteiger partial charge in [0.15, 0.2) is 0 Å². The normalized spacial score (nSPS) is 18.8. The van der Waals surface area contributed by atoms with Crippen molar-refractivity contribution < 1.29 is 9.13 Å². The van der Waals surface area contributed by atoms with Crippen LogP contribution in [0.25, 0.3) is 0 Å². The number of benzene rings is 1. The number of rotatable bonds is 4. The third-order valence-electron chi connectivity index (χ3n) is 3.24. The number of nitrogens with one attached hydrogen (secondary N) is 1. The lowest BCUT2D eigenvalue weighted by molar-refractivity contribution is 0.257. The number of hydrogen-bond donors (Lipinski definition) is 1. The highest BCUT2D eigenvalue weighted by molar-refractivity contribution is 5.60. The van der Waals surface area contributed by atoms with Crippen molar-refractivity contribution in [1.29, 1.82) is 0 Å². The number of ether oxygens (including phenoxy) is 1. The fourth-order valence-corrected chi connectivity index (χ4v) is 2.17. The second-order valence-electron chi connectivity index (χ2n) is 4.43. The monoisotopic (exact) mass is 238 g/mol. The van der Waals surface area contributed by atoms with E-state index in [9.17, 15) is 4.39 Å². The quantitative estimate of drug-likeness (QED) is 0.812.